The number of rotatable bonds is 4. The molecule has 22 heavy (non-hydrogen) atoms. The SMILES string of the molecule is C=C(CCl)C[C@]1(C(=O)OC)C[C@H](O)CN1C(=O)OC(C)(C)C. The van der Waals surface area contributed by atoms with E-state index in [9.17, 15) is 14.7 Å². The molecule has 0 saturated carbocycles. The quantitative estimate of drug-likeness (QED) is 0.484. The number of esters is 1. The molecule has 0 spiro atoms. The van der Waals surface area contributed by atoms with E-state index in [-0.39, 0.29) is 25.3 Å². The molecule has 2 atom stereocenters. The molecule has 6 nitrogen and oxygen atoms in total. The molecule has 1 aliphatic heterocycles. The molecule has 0 aliphatic carbocycles. The van der Waals surface area contributed by atoms with E-state index in [1.807, 2.05) is 0 Å². The van der Waals surface area contributed by atoms with E-state index in [1.165, 1.54) is 12.0 Å². The smallest absolute Gasteiger partial charge is 0.411 e. The van der Waals surface area contributed by atoms with Gasteiger partial charge in [-0.25, -0.2) is 9.59 Å². The van der Waals surface area contributed by atoms with Crippen LogP contribution in [0.3, 0.4) is 0 Å². The number of likely N-dealkylation sites (tertiary alicyclic amines) is 1. The Morgan fingerprint density at radius 2 is 2.05 bits per heavy atom. The second-order valence-corrected chi connectivity index (χ2v) is 6.80. The average Bonchev–Trinajstić information content (AvgIpc) is 2.73. The van der Waals surface area contributed by atoms with Gasteiger partial charge in [-0.3, -0.25) is 4.90 Å². The zero-order valence-corrected chi connectivity index (χ0v) is 14.3. The molecule has 1 aliphatic rings. The lowest BCUT2D eigenvalue weighted by Crippen LogP contribution is -2.55. The summed E-state index contributed by atoms with van der Waals surface area (Å²) in [5.41, 5.74) is -1.46. The van der Waals surface area contributed by atoms with Crippen LogP contribution in [-0.2, 0) is 14.3 Å². The number of β-amino-alcohol motifs (C(OH)–C–C–N with tert-alkyl or cyclic N) is 1. The molecule has 0 radical (unpaired) electrons. The number of hydrogen-bond acceptors (Lipinski definition) is 5. The first-order valence-electron chi connectivity index (χ1n) is 7.05. The lowest BCUT2D eigenvalue weighted by Gasteiger charge is -2.36. The Morgan fingerprint density at radius 3 is 2.50 bits per heavy atom. The molecule has 1 saturated heterocycles. The summed E-state index contributed by atoms with van der Waals surface area (Å²) in [7, 11) is 1.24. The highest BCUT2D eigenvalue weighted by atomic mass is 35.5. The number of hydrogen-bond donors (Lipinski definition) is 1. The van der Waals surface area contributed by atoms with Gasteiger partial charge in [0.1, 0.15) is 11.1 Å². The highest BCUT2D eigenvalue weighted by Crippen LogP contribution is 2.37. The summed E-state index contributed by atoms with van der Waals surface area (Å²) in [5.74, 6) is -0.460. The molecule has 7 heteroatoms. The van der Waals surface area contributed by atoms with Crippen molar-refractivity contribution in [3.8, 4) is 0 Å². The Labute approximate surface area is 136 Å². The van der Waals surface area contributed by atoms with Gasteiger partial charge >= 0.3 is 12.1 Å². The molecular weight excluding hydrogens is 310 g/mol. The van der Waals surface area contributed by atoms with Gasteiger partial charge in [0, 0.05) is 18.7 Å². The number of alkyl halides is 1. The number of amides is 1. The highest BCUT2D eigenvalue weighted by Gasteiger charge is 2.55. The van der Waals surface area contributed by atoms with Gasteiger partial charge in [0.2, 0.25) is 0 Å². The van der Waals surface area contributed by atoms with Crippen molar-refractivity contribution in [1.29, 1.82) is 0 Å². The fourth-order valence-corrected chi connectivity index (χ4v) is 2.69. The first kappa shape index (κ1) is 18.8. The van der Waals surface area contributed by atoms with Crippen molar-refractivity contribution in [2.45, 2.75) is 50.9 Å². The van der Waals surface area contributed by atoms with Crippen LogP contribution in [-0.4, -0.2) is 58.8 Å². The van der Waals surface area contributed by atoms with E-state index >= 15 is 0 Å². The number of carbonyl (C=O) groups is 2. The van der Waals surface area contributed by atoms with Crippen molar-refractivity contribution in [3.63, 3.8) is 0 Å². The fraction of sp³-hybridized carbons (Fsp3) is 0.733. The summed E-state index contributed by atoms with van der Waals surface area (Å²) in [4.78, 5) is 26.0. The van der Waals surface area contributed by atoms with Crippen molar-refractivity contribution in [2.75, 3.05) is 19.5 Å². The molecule has 0 unspecified atom stereocenters. The van der Waals surface area contributed by atoms with Gasteiger partial charge in [-0.2, -0.15) is 0 Å². The first-order chi connectivity index (χ1) is 10.1. The second kappa shape index (κ2) is 6.87. The molecule has 1 rings (SSSR count). The van der Waals surface area contributed by atoms with Crippen molar-refractivity contribution < 1.29 is 24.2 Å². The number of halogens is 1. The van der Waals surface area contributed by atoms with Gasteiger partial charge in [0.05, 0.1) is 19.8 Å². The molecular formula is C15H24ClNO5. The van der Waals surface area contributed by atoms with Crippen LogP contribution in [0.2, 0.25) is 0 Å². The van der Waals surface area contributed by atoms with E-state index in [0.29, 0.717) is 5.57 Å². The Balaban J connectivity index is 3.17. The number of carbonyl (C=O) groups excluding carboxylic acids is 2. The molecule has 1 fully saturated rings. The maximum absolute atomic E-state index is 12.4. The first-order valence-corrected chi connectivity index (χ1v) is 7.59. The third-order valence-electron chi connectivity index (χ3n) is 3.39. The van der Waals surface area contributed by atoms with E-state index in [1.54, 1.807) is 20.8 Å². The standard InChI is InChI=1S/C15H24ClNO5/c1-10(8-16)6-15(12(19)21-5)7-11(18)9-17(15)13(20)22-14(2,3)4/h11,18H,1,6-9H2,2-5H3/t11-,15+/m0/s1. The zero-order valence-electron chi connectivity index (χ0n) is 13.5. The van der Waals surface area contributed by atoms with Gasteiger partial charge in [0.25, 0.3) is 0 Å². The van der Waals surface area contributed by atoms with Crippen molar-refractivity contribution >= 4 is 23.7 Å². The topological polar surface area (TPSA) is 76.1 Å². The lowest BCUT2D eigenvalue weighted by molar-refractivity contribution is -0.153. The van der Waals surface area contributed by atoms with Gasteiger partial charge in [0.15, 0.2) is 0 Å². The number of aliphatic hydroxyl groups is 1. The number of nitrogens with zero attached hydrogens (tertiary/aromatic N) is 1. The summed E-state index contributed by atoms with van der Waals surface area (Å²) in [5, 5.41) is 9.99. The lowest BCUT2D eigenvalue weighted by atomic mass is 9.88. The van der Waals surface area contributed by atoms with Crippen LogP contribution in [0.15, 0.2) is 12.2 Å². The fourth-order valence-electron chi connectivity index (χ4n) is 2.60. The number of ether oxygens (including phenoxy) is 2. The Bertz CT molecular complexity index is 459. The van der Waals surface area contributed by atoms with Crippen LogP contribution < -0.4 is 0 Å². The normalized spacial score (nSPS) is 25.0. The number of aliphatic hydroxyl groups excluding tert-OH is 1. The van der Waals surface area contributed by atoms with Gasteiger partial charge in [-0.1, -0.05) is 12.2 Å². The summed E-state index contributed by atoms with van der Waals surface area (Å²) < 4.78 is 10.2. The van der Waals surface area contributed by atoms with Gasteiger partial charge in [-0.05, 0) is 20.8 Å². The molecule has 0 aromatic heterocycles. The van der Waals surface area contributed by atoms with Gasteiger partial charge in [-0.15, -0.1) is 11.6 Å². The van der Waals surface area contributed by atoms with Crippen LogP contribution in [0, 0.1) is 0 Å². The second-order valence-electron chi connectivity index (χ2n) is 6.53. The van der Waals surface area contributed by atoms with Gasteiger partial charge < -0.3 is 14.6 Å². The van der Waals surface area contributed by atoms with Crippen molar-refractivity contribution in [3.05, 3.63) is 12.2 Å². The molecule has 1 amide bonds. The minimum absolute atomic E-state index is 0.000418. The predicted molar refractivity (Wildman–Crippen MR) is 82.8 cm³/mol. The minimum Gasteiger partial charge on any atom is -0.467 e. The van der Waals surface area contributed by atoms with E-state index < -0.39 is 29.3 Å². The third-order valence-corrected chi connectivity index (χ3v) is 3.77. The summed E-state index contributed by atoms with van der Waals surface area (Å²) in [6.07, 6.45) is -1.32. The molecule has 0 bridgehead atoms. The van der Waals surface area contributed by atoms with Crippen LogP contribution in [0.1, 0.15) is 33.6 Å². The maximum Gasteiger partial charge on any atom is 0.411 e. The molecule has 126 valence electrons. The molecule has 0 aromatic rings. The van der Waals surface area contributed by atoms with Crippen LogP contribution >= 0.6 is 11.6 Å². The van der Waals surface area contributed by atoms with Crippen molar-refractivity contribution in [1.82, 2.24) is 4.90 Å². The summed E-state index contributed by atoms with van der Waals surface area (Å²) >= 11 is 5.76. The Hall–Kier alpha value is -1.27. The summed E-state index contributed by atoms with van der Waals surface area (Å²) in [6.45, 7) is 8.98. The molecule has 1 N–H and O–H groups in total. The zero-order chi connectivity index (χ0) is 17.1. The van der Waals surface area contributed by atoms with E-state index in [0.717, 1.165) is 0 Å². The van der Waals surface area contributed by atoms with Crippen molar-refractivity contribution in [2.24, 2.45) is 0 Å². The summed E-state index contributed by atoms with van der Waals surface area (Å²) in [6, 6.07) is 0. The average molecular weight is 334 g/mol. The van der Waals surface area contributed by atoms with Crippen LogP contribution in [0.4, 0.5) is 4.79 Å². The molecule has 1 heterocycles. The third kappa shape index (κ3) is 4.14. The van der Waals surface area contributed by atoms with Crippen LogP contribution in [0.25, 0.3) is 0 Å². The predicted octanol–water partition coefficient (Wildman–Crippen LogP) is 2.08. The Morgan fingerprint density at radius 1 is 1.45 bits per heavy atom. The maximum atomic E-state index is 12.4. The Kier molecular flexibility index (Phi) is 5.87. The molecule has 0 aromatic carbocycles. The minimum atomic E-state index is -1.33. The highest BCUT2D eigenvalue weighted by molar-refractivity contribution is 6.19. The van der Waals surface area contributed by atoms with Crippen LogP contribution in [0.5, 0.6) is 0 Å². The van der Waals surface area contributed by atoms with E-state index in [4.69, 9.17) is 21.1 Å². The largest absolute Gasteiger partial charge is 0.467 e. The monoisotopic (exact) mass is 333 g/mol. The number of methoxy groups -OCH3 is 1. The van der Waals surface area contributed by atoms with E-state index in [2.05, 4.69) is 6.58 Å².